The number of nitrogens with one attached hydrogen (secondary N) is 2. The van der Waals surface area contributed by atoms with Crippen molar-refractivity contribution in [3.8, 4) is 6.07 Å². The Labute approximate surface area is 250 Å². The highest BCUT2D eigenvalue weighted by Gasteiger charge is 2.07. The summed E-state index contributed by atoms with van der Waals surface area (Å²) in [6, 6.07) is 18.9. The van der Waals surface area contributed by atoms with Gasteiger partial charge in [-0.1, -0.05) is 75.1 Å². The standard InChI is InChI=1S/C33H40N5P.C2H6/c1-8-13-33(29(9-2)21-34)39-38-30-18-16-28(17-19-30)23-36-26(6)20-32(31-15-12-11-14-24(31)4)37-27(7)25(5)22-35-10-3;1-2/h8-9,11-20,22,36,38-39H,1,10,23H2,2-7H3;1-2H3/b26-20+,27-25+,29-9-,33-13+,35-22?,37-32-;. The zero-order chi connectivity index (χ0) is 30.6. The molecule has 0 bridgehead atoms. The number of nitrogens with zero attached hydrogens (tertiary/aromatic N) is 3. The third-order valence-electron chi connectivity index (χ3n) is 5.95. The summed E-state index contributed by atoms with van der Waals surface area (Å²) in [6.07, 6.45) is 9.41. The van der Waals surface area contributed by atoms with Gasteiger partial charge in [0.1, 0.15) is 0 Å². The normalized spacial score (nSPS) is 13.4. The van der Waals surface area contributed by atoms with Crippen LogP contribution in [0.5, 0.6) is 0 Å². The van der Waals surface area contributed by atoms with Crippen molar-refractivity contribution in [2.24, 2.45) is 9.98 Å². The zero-order valence-corrected chi connectivity index (χ0v) is 27.0. The van der Waals surface area contributed by atoms with Gasteiger partial charge in [0.15, 0.2) is 0 Å². The average molecular weight is 568 g/mol. The van der Waals surface area contributed by atoms with Crippen LogP contribution in [0.3, 0.4) is 0 Å². The van der Waals surface area contributed by atoms with Crippen molar-refractivity contribution in [3.05, 3.63) is 124 Å². The fourth-order valence-corrected chi connectivity index (χ4v) is 4.54. The summed E-state index contributed by atoms with van der Waals surface area (Å²) in [5.41, 5.74) is 9.07. The lowest BCUT2D eigenvalue weighted by Gasteiger charge is -2.12. The van der Waals surface area contributed by atoms with Crippen LogP contribution in [-0.4, -0.2) is 18.5 Å². The second-order valence-corrected chi connectivity index (χ2v) is 10.0. The lowest BCUT2D eigenvalue weighted by molar-refractivity contribution is 0.813. The van der Waals surface area contributed by atoms with Gasteiger partial charge in [0, 0.05) is 56.0 Å². The molecule has 2 N–H and O–H groups in total. The molecule has 216 valence electrons. The van der Waals surface area contributed by atoms with E-state index in [1.807, 2.05) is 72.0 Å². The molecule has 5 nitrogen and oxygen atoms in total. The lowest BCUT2D eigenvalue weighted by atomic mass is 10.0. The Morgan fingerprint density at radius 2 is 1.76 bits per heavy atom. The predicted molar refractivity (Wildman–Crippen MR) is 183 cm³/mol. The third kappa shape index (κ3) is 12.4. The van der Waals surface area contributed by atoms with Gasteiger partial charge < -0.3 is 10.4 Å². The van der Waals surface area contributed by atoms with E-state index in [9.17, 15) is 5.26 Å². The summed E-state index contributed by atoms with van der Waals surface area (Å²) in [7, 11) is 0.272. The lowest BCUT2D eigenvalue weighted by Crippen LogP contribution is -2.13. The smallest absolute Gasteiger partial charge is 0.0995 e. The monoisotopic (exact) mass is 567 g/mol. The van der Waals surface area contributed by atoms with E-state index in [-0.39, 0.29) is 8.73 Å². The van der Waals surface area contributed by atoms with Gasteiger partial charge in [0.2, 0.25) is 0 Å². The van der Waals surface area contributed by atoms with Crippen LogP contribution in [-0.2, 0) is 6.54 Å². The van der Waals surface area contributed by atoms with Gasteiger partial charge in [-0.15, -0.1) is 0 Å². The molecule has 2 aromatic carbocycles. The number of benzene rings is 2. The van der Waals surface area contributed by atoms with Crippen LogP contribution in [0, 0.1) is 18.3 Å². The van der Waals surface area contributed by atoms with Gasteiger partial charge in [-0.2, -0.15) is 5.26 Å². The van der Waals surface area contributed by atoms with Crippen LogP contribution in [0.1, 0.15) is 65.2 Å². The second kappa shape index (κ2) is 20.0. The van der Waals surface area contributed by atoms with Crippen molar-refractivity contribution in [2.75, 3.05) is 11.6 Å². The van der Waals surface area contributed by atoms with Crippen LogP contribution in [0.15, 0.2) is 117 Å². The second-order valence-electron chi connectivity index (χ2n) is 8.97. The van der Waals surface area contributed by atoms with Gasteiger partial charge >= 0.3 is 0 Å². The first-order valence-corrected chi connectivity index (χ1v) is 15.1. The molecule has 0 saturated heterocycles. The first kappa shape index (κ1) is 35.0. The molecule has 2 rings (SSSR count). The number of hydrogen-bond donors (Lipinski definition) is 2. The SMILES string of the molecule is C=C/C=C(PNc1ccc(CN/C(C)=C/C(=N/C(C)=C(\C)C=NCC)c2ccccc2C)cc1)\C(C#N)=C/C.CC. The molecule has 0 aliphatic carbocycles. The van der Waals surface area contributed by atoms with Gasteiger partial charge in [-0.05, 0) is 76.5 Å². The highest BCUT2D eigenvalue weighted by Crippen LogP contribution is 2.31. The van der Waals surface area contributed by atoms with Crippen molar-refractivity contribution < 1.29 is 0 Å². The van der Waals surface area contributed by atoms with E-state index in [1.54, 1.807) is 6.08 Å². The molecular weight excluding hydrogens is 521 g/mol. The minimum atomic E-state index is 0.272. The minimum absolute atomic E-state index is 0.272. The highest BCUT2D eigenvalue weighted by molar-refractivity contribution is 7.45. The Hall–Kier alpha value is -4.00. The summed E-state index contributed by atoms with van der Waals surface area (Å²) in [4.78, 5) is 9.34. The van der Waals surface area contributed by atoms with Gasteiger partial charge in [0.05, 0.1) is 17.4 Å². The Morgan fingerprint density at radius 1 is 1.07 bits per heavy atom. The first-order valence-electron chi connectivity index (χ1n) is 14.1. The van der Waals surface area contributed by atoms with E-state index >= 15 is 0 Å². The molecule has 0 fully saturated rings. The maximum atomic E-state index is 9.35. The number of aryl methyl sites for hydroxylation is 1. The quantitative estimate of drug-likeness (QED) is 0.110. The van der Waals surface area contributed by atoms with Gasteiger partial charge in [0.25, 0.3) is 0 Å². The third-order valence-corrected chi connectivity index (χ3v) is 7.07. The van der Waals surface area contributed by atoms with Crippen LogP contribution >= 0.6 is 8.73 Å². The van der Waals surface area contributed by atoms with E-state index < -0.39 is 0 Å². The molecule has 0 amide bonds. The summed E-state index contributed by atoms with van der Waals surface area (Å²) in [5, 5.41) is 17.2. The molecule has 2 aromatic rings. The number of anilines is 1. The Balaban J connectivity index is 0.00000411. The number of rotatable bonds is 13. The summed E-state index contributed by atoms with van der Waals surface area (Å²) in [6.45, 7) is 21.4. The Kier molecular flexibility index (Phi) is 17.1. The largest absolute Gasteiger partial charge is 0.384 e. The van der Waals surface area contributed by atoms with E-state index in [0.29, 0.717) is 12.1 Å². The summed E-state index contributed by atoms with van der Waals surface area (Å²) in [5.74, 6) is 0. The molecule has 0 spiro atoms. The van der Waals surface area contributed by atoms with E-state index in [1.165, 1.54) is 11.1 Å². The maximum Gasteiger partial charge on any atom is 0.0995 e. The number of hydrogen-bond acceptors (Lipinski definition) is 5. The highest BCUT2D eigenvalue weighted by atomic mass is 31.1. The van der Waals surface area contributed by atoms with Crippen molar-refractivity contribution >= 4 is 26.3 Å². The Morgan fingerprint density at radius 3 is 2.34 bits per heavy atom. The number of allylic oxidation sites excluding steroid dienone is 9. The summed E-state index contributed by atoms with van der Waals surface area (Å²) >= 11 is 0. The molecule has 41 heavy (non-hydrogen) atoms. The van der Waals surface area contributed by atoms with E-state index in [0.717, 1.165) is 45.8 Å². The predicted octanol–water partition coefficient (Wildman–Crippen LogP) is 9.43. The summed E-state index contributed by atoms with van der Waals surface area (Å²) < 4.78 is 0. The fourth-order valence-electron chi connectivity index (χ4n) is 3.56. The molecule has 0 heterocycles. The minimum Gasteiger partial charge on any atom is -0.384 e. The molecule has 0 aromatic heterocycles. The maximum absolute atomic E-state index is 9.35. The van der Waals surface area contributed by atoms with Crippen molar-refractivity contribution in [1.29, 1.82) is 5.26 Å². The molecule has 1 atom stereocenters. The van der Waals surface area contributed by atoms with Gasteiger partial charge in [-0.25, -0.2) is 0 Å². The number of nitriles is 1. The van der Waals surface area contributed by atoms with E-state index in [4.69, 9.17) is 4.99 Å². The van der Waals surface area contributed by atoms with Crippen molar-refractivity contribution in [1.82, 2.24) is 5.32 Å². The molecule has 6 heteroatoms. The number of aliphatic imine (C=N–C) groups is 2. The van der Waals surface area contributed by atoms with Crippen LogP contribution in [0.25, 0.3) is 0 Å². The first-order chi connectivity index (χ1) is 19.8. The van der Waals surface area contributed by atoms with Crippen molar-refractivity contribution in [2.45, 2.75) is 61.9 Å². The molecule has 0 aliphatic rings. The van der Waals surface area contributed by atoms with Crippen LogP contribution in [0.2, 0.25) is 0 Å². The Bertz CT molecular complexity index is 1350. The molecule has 1 unspecified atom stereocenters. The van der Waals surface area contributed by atoms with Crippen LogP contribution < -0.4 is 10.4 Å². The molecule has 0 radical (unpaired) electrons. The average Bonchev–Trinajstić information content (AvgIpc) is 2.99. The molecule has 0 aliphatic heterocycles. The van der Waals surface area contributed by atoms with Crippen molar-refractivity contribution in [3.63, 3.8) is 0 Å². The van der Waals surface area contributed by atoms with Gasteiger partial charge in [-0.3, -0.25) is 9.98 Å². The van der Waals surface area contributed by atoms with Crippen LogP contribution in [0.4, 0.5) is 5.69 Å². The molecular formula is C35H46N5P. The van der Waals surface area contributed by atoms with E-state index in [2.05, 4.69) is 84.4 Å². The topological polar surface area (TPSA) is 72.6 Å². The zero-order valence-electron chi connectivity index (χ0n) is 26.0. The molecule has 0 saturated carbocycles. The fraction of sp³-hybridized carbons (Fsp3) is 0.286.